The highest BCUT2D eigenvalue weighted by atomic mass is 32.2. The Morgan fingerprint density at radius 3 is 2.82 bits per heavy atom. The van der Waals surface area contributed by atoms with Crippen LogP contribution in [0.1, 0.15) is 27.2 Å². The van der Waals surface area contributed by atoms with Gasteiger partial charge in [0.1, 0.15) is 0 Å². The van der Waals surface area contributed by atoms with E-state index in [2.05, 4.69) is 15.1 Å². The fraction of sp³-hybridized carbons (Fsp3) is 0.263. The van der Waals surface area contributed by atoms with E-state index in [1.165, 1.54) is 23.5 Å². The van der Waals surface area contributed by atoms with Crippen LogP contribution in [0.4, 0.5) is 0 Å². The third kappa shape index (κ3) is 5.51. The van der Waals surface area contributed by atoms with Crippen molar-refractivity contribution in [2.45, 2.75) is 31.3 Å². The molecule has 0 fully saturated rings. The third-order valence-electron chi connectivity index (χ3n) is 4.03. The molecule has 0 unspecified atom stereocenters. The summed E-state index contributed by atoms with van der Waals surface area (Å²) < 4.78 is 29.3. The van der Waals surface area contributed by atoms with Gasteiger partial charge in [-0.05, 0) is 48.6 Å². The van der Waals surface area contributed by atoms with E-state index in [0.717, 1.165) is 16.9 Å². The third-order valence-corrected chi connectivity index (χ3v) is 6.31. The molecule has 3 aromatic rings. The minimum atomic E-state index is -3.69. The highest BCUT2D eigenvalue weighted by Crippen LogP contribution is 2.14. The summed E-state index contributed by atoms with van der Waals surface area (Å²) in [7, 11) is -3.69. The molecule has 148 valence electrons. The number of hydrogen-bond donors (Lipinski definition) is 2. The molecule has 0 aliphatic heterocycles. The quantitative estimate of drug-likeness (QED) is 0.522. The standard InChI is InChI=1S/C19H22N4O3S2/c1-15-12-21-23(14-15)9-4-8-20-19(24)16-5-2-7-18(11-16)28(25,26)22-13-17-6-3-10-27-17/h2-3,5-7,10-12,14,22H,4,8-9,13H2,1H3,(H,20,24). The van der Waals surface area contributed by atoms with Crippen LogP contribution in [0.25, 0.3) is 0 Å². The van der Waals surface area contributed by atoms with Crippen LogP contribution >= 0.6 is 11.3 Å². The number of carbonyl (C=O) groups excluding carboxylic acids is 1. The van der Waals surface area contributed by atoms with Gasteiger partial charge in [-0.15, -0.1) is 11.3 Å². The second kappa shape index (κ2) is 9.13. The van der Waals surface area contributed by atoms with Crippen molar-refractivity contribution in [1.82, 2.24) is 19.8 Å². The zero-order valence-corrected chi connectivity index (χ0v) is 17.1. The molecule has 0 spiro atoms. The minimum Gasteiger partial charge on any atom is -0.352 e. The van der Waals surface area contributed by atoms with Gasteiger partial charge in [0.25, 0.3) is 5.91 Å². The number of sulfonamides is 1. The Balaban J connectivity index is 1.54. The van der Waals surface area contributed by atoms with E-state index in [-0.39, 0.29) is 17.3 Å². The number of thiophene rings is 1. The number of nitrogens with one attached hydrogen (secondary N) is 2. The first kappa shape index (κ1) is 20.2. The lowest BCUT2D eigenvalue weighted by Gasteiger charge is -2.09. The van der Waals surface area contributed by atoms with Gasteiger partial charge in [-0.1, -0.05) is 12.1 Å². The van der Waals surface area contributed by atoms with Crippen molar-refractivity contribution in [2.75, 3.05) is 6.54 Å². The molecule has 9 heteroatoms. The zero-order chi connectivity index (χ0) is 20.0. The van der Waals surface area contributed by atoms with Gasteiger partial charge in [-0.2, -0.15) is 5.10 Å². The number of aromatic nitrogens is 2. The summed E-state index contributed by atoms with van der Waals surface area (Å²) >= 11 is 1.48. The Bertz CT molecular complexity index is 1030. The number of aryl methyl sites for hydroxylation is 2. The number of rotatable bonds is 9. The first-order valence-corrected chi connectivity index (χ1v) is 11.2. The topological polar surface area (TPSA) is 93.1 Å². The van der Waals surface area contributed by atoms with E-state index in [9.17, 15) is 13.2 Å². The van der Waals surface area contributed by atoms with E-state index in [4.69, 9.17) is 0 Å². The highest BCUT2D eigenvalue weighted by molar-refractivity contribution is 7.89. The van der Waals surface area contributed by atoms with Crippen molar-refractivity contribution in [3.05, 3.63) is 70.2 Å². The summed E-state index contributed by atoms with van der Waals surface area (Å²) in [5, 5.41) is 8.90. The second-order valence-electron chi connectivity index (χ2n) is 6.32. The molecule has 0 saturated carbocycles. The van der Waals surface area contributed by atoms with Crippen LogP contribution in [0.15, 0.2) is 59.1 Å². The Hall–Kier alpha value is -2.49. The summed E-state index contributed by atoms with van der Waals surface area (Å²) in [6.45, 7) is 3.38. The molecule has 1 amide bonds. The smallest absolute Gasteiger partial charge is 0.251 e. The summed E-state index contributed by atoms with van der Waals surface area (Å²) in [5.41, 5.74) is 1.41. The average Bonchev–Trinajstić information content (AvgIpc) is 3.35. The number of carbonyl (C=O) groups is 1. The lowest BCUT2D eigenvalue weighted by Crippen LogP contribution is -2.26. The maximum Gasteiger partial charge on any atom is 0.251 e. The Morgan fingerprint density at radius 2 is 2.11 bits per heavy atom. The first-order valence-electron chi connectivity index (χ1n) is 8.83. The number of nitrogens with zero attached hydrogens (tertiary/aromatic N) is 2. The Kier molecular flexibility index (Phi) is 6.61. The maximum absolute atomic E-state index is 12.5. The van der Waals surface area contributed by atoms with Crippen molar-refractivity contribution in [2.24, 2.45) is 0 Å². The second-order valence-corrected chi connectivity index (χ2v) is 9.12. The molecule has 7 nitrogen and oxygen atoms in total. The van der Waals surface area contributed by atoms with Crippen LogP contribution in [-0.2, 0) is 23.1 Å². The van der Waals surface area contributed by atoms with Crippen LogP contribution in [0.5, 0.6) is 0 Å². The molecule has 2 aromatic heterocycles. The van der Waals surface area contributed by atoms with Gasteiger partial charge < -0.3 is 5.32 Å². The number of benzene rings is 1. The van der Waals surface area contributed by atoms with Gasteiger partial charge in [-0.25, -0.2) is 13.1 Å². The molecule has 28 heavy (non-hydrogen) atoms. The number of amides is 1. The molecule has 0 radical (unpaired) electrons. The van der Waals surface area contributed by atoms with Gasteiger partial charge in [0, 0.05) is 36.3 Å². The lowest BCUT2D eigenvalue weighted by atomic mass is 10.2. The SMILES string of the molecule is Cc1cnn(CCCNC(=O)c2cccc(S(=O)(=O)NCc3cccs3)c2)c1. The molecular formula is C19H22N4O3S2. The average molecular weight is 419 g/mol. The van der Waals surface area contributed by atoms with Crippen molar-refractivity contribution in [3.63, 3.8) is 0 Å². The van der Waals surface area contributed by atoms with Gasteiger partial charge >= 0.3 is 0 Å². The molecule has 0 bridgehead atoms. The molecule has 1 aromatic carbocycles. The predicted molar refractivity (Wildman–Crippen MR) is 109 cm³/mol. The number of hydrogen-bond acceptors (Lipinski definition) is 5. The van der Waals surface area contributed by atoms with Crippen molar-refractivity contribution < 1.29 is 13.2 Å². The van der Waals surface area contributed by atoms with Crippen molar-refractivity contribution >= 4 is 27.3 Å². The molecule has 0 atom stereocenters. The molecule has 0 aliphatic rings. The van der Waals surface area contributed by atoms with Gasteiger partial charge in [-0.3, -0.25) is 9.48 Å². The van der Waals surface area contributed by atoms with E-state index in [1.54, 1.807) is 18.3 Å². The highest BCUT2D eigenvalue weighted by Gasteiger charge is 2.16. The van der Waals surface area contributed by atoms with Crippen LogP contribution in [-0.4, -0.2) is 30.7 Å². The summed E-state index contributed by atoms with van der Waals surface area (Å²) in [6.07, 6.45) is 4.46. The molecule has 3 rings (SSSR count). The largest absolute Gasteiger partial charge is 0.352 e. The Morgan fingerprint density at radius 1 is 1.25 bits per heavy atom. The van der Waals surface area contributed by atoms with E-state index in [0.29, 0.717) is 18.7 Å². The zero-order valence-electron chi connectivity index (χ0n) is 15.5. The molecule has 2 N–H and O–H groups in total. The molecule has 0 saturated heterocycles. The summed E-state index contributed by atoms with van der Waals surface area (Å²) in [6, 6.07) is 9.77. The lowest BCUT2D eigenvalue weighted by molar-refractivity contribution is 0.0952. The van der Waals surface area contributed by atoms with Crippen LogP contribution < -0.4 is 10.0 Å². The van der Waals surface area contributed by atoms with E-state index in [1.807, 2.05) is 35.3 Å². The van der Waals surface area contributed by atoms with Crippen LogP contribution in [0.2, 0.25) is 0 Å². The molecular weight excluding hydrogens is 396 g/mol. The fourth-order valence-electron chi connectivity index (χ4n) is 2.60. The summed E-state index contributed by atoms with van der Waals surface area (Å²) in [5.74, 6) is -0.299. The maximum atomic E-state index is 12.5. The van der Waals surface area contributed by atoms with E-state index < -0.39 is 10.0 Å². The normalized spacial score (nSPS) is 11.5. The minimum absolute atomic E-state index is 0.0729. The van der Waals surface area contributed by atoms with Gasteiger partial charge in [0.15, 0.2) is 0 Å². The monoisotopic (exact) mass is 418 g/mol. The van der Waals surface area contributed by atoms with Gasteiger partial charge in [0.2, 0.25) is 10.0 Å². The van der Waals surface area contributed by atoms with Crippen LogP contribution in [0, 0.1) is 6.92 Å². The Labute approximate surface area is 168 Å². The van der Waals surface area contributed by atoms with Crippen molar-refractivity contribution in [3.8, 4) is 0 Å². The van der Waals surface area contributed by atoms with Crippen molar-refractivity contribution in [1.29, 1.82) is 0 Å². The molecule has 2 heterocycles. The first-order chi connectivity index (χ1) is 13.4. The predicted octanol–water partition coefficient (Wildman–Crippen LogP) is 2.55. The molecule has 0 aliphatic carbocycles. The van der Waals surface area contributed by atoms with Gasteiger partial charge in [0.05, 0.1) is 11.1 Å². The van der Waals surface area contributed by atoms with E-state index >= 15 is 0 Å². The summed E-state index contributed by atoms with van der Waals surface area (Å²) in [4.78, 5) is 13.3. The fourth-order valence-corrected chi connectivity index (χ4v) is 4.39. The van der Waals surface area contributed by atoms with Crippen LogP contribution in [0.3, 0.4) is 0 Å².